The lowest BCUT2D eigenvalue weighted by Crippen LogP contribution is -2.31. The number of carbonyl (C=O) groups is 1. The summed E-state index contributed by atoms with van der Waals surface area (Å²) in [6.45, 7) is 4.61. The molecule has 2 N–H and O–H groups in total. The standard InChI is InChI=1S/C14H19NO3/c1-9(2)14(17)15-8-12(16)10-3-4-13-11(7-10)5-6-18-13/h3-4,7,9,12,16H,5-6,8H2,1-2H3,(H,15,17). The summed E-state index contributed by atoms with van der Waals surface area (Å²) in [7, 11) is 0. The maximum atomic E-state index is 11.4. The van der Waals surface area contributed by atoms with E-state index in [0.717, 1.165) is 23.3 Å². The summed E-state index contributed by atoms with van der Waals surface area (Å²) in [6.07, 6.45) is 0.215. The molecule has 18 heavy (non-hydrogen) atoms. The molecule has 2 rings (SSSR count). The van der Waals surface area contributed by atoms with Gasteiger partial charge in [-0.2, -0.15) is 0 Å². The number of fused-ring (bicyclic) bond motifs is 1. The Balaban J connectivity index is 1.97. The minimum atomic E-state index is -0.668. The molecule has 1 amide bonds. The molecule has 0 saturated heterocycles. The molecular weight excluding hydrogens is 230 g/mol. The molecule has 0 radical (unpaired) electrons. The monoisotopic (exact) mass is 249 g/mol. The molecule has 0 spiro atoms. The average molecular weight is 249 g/mol. The van der Waals surface area contributed by atoms with Gasteiger partial charge >= 0.3 is 0 Å². The minimum absolute atomic E-state index is 0.0430. The van der Waals surface area contributed by atoms with Gasteiger partial charge in [-0.25, -0.2) is 0 Å². The van der Waals surface area contributed by atoms with Crippen LogP contribution in [0, 0.1) is 5.92 Å². The van der Waals surface area contributed by atoms with Crippen LogP contribution in [0.15, 0.2) is 18.2 Å². The molecule has 0 bridgehead atoms. The van der Waals surface area contributed by atoms with Crippen molar-refractivity contribution in [3.63, 3.8) is 0 Å². The van der Waals surface area contributed by atoms with Gasteiger partial charge in [0.2, 0.25) is 5.91 Å². The molecule has 4 heteroatoms. The highest BCUT2D eigenvalue weighted by molar-refractivity contribution is 5.77. The molecule has 0 aromatic heterocycles. The number of carbonyl (C=O) groups excluding carboxylic acids is 1. The number of benzene rings is 1. The van der Waals surface area contributed by atoms with Gasteiger partial charge in [0.15, 0.2) is 0 Å². The van der Waals surface area contributed by atoms with E-state index in [0.29, 0.717) is 6.61 Å². The quantitative estimate of drug-likeness (QED) is 0.848. The first kappa shape index (κ1) is 12.9. The Morgan fingerprint density at radius 3 is 3.00 bits per heavy atom. The van der Waals surface area contributed by atoms with E-state index in [2.05, 4.69) is 5.32 Å². The maximum Gasteiger partial charge on any atom is 0.222 e. The molecule has 1 aromatic carbocycles. The number of hydrogen-bond acceptors (Lipinski definition) is 3. The summed E-state index contributed by atoms with van der Waals surface area (Å²) in [5.74, 6) is 0.793. The van der Waals surface area contributed by atoms with Crippen LogP contribution in [0.3, 0.4) is 0 Å². The number of nitrogens with one attached hydrogen (secondary N) is 1. The van der Waals surface area contributed by atoms with E-state index in [1.165, 1.54) is 0 Å². The number of rotatable bonds is 4. The predicted octanol–water partition coefficient (Wildman–Crippen LogP) is 1.43. The molecular formula is C14H19NO3. The van der Waals surface area contributed by atoms with Crippen molar-refractivity contribution < 1.29 is 14.6 Å². The van der Waals surface area contributed by atoms with Gasteiger partial charge in [-0.3, -0.25) is 4.79 Å². The molecule has 1 unspecified atom stereocenters. The van der Waals surface area contributed by atoms with E-state index >= 15 is 0 Å². The summed E-state index contributed by atoms with van der Waals surface area (Å²) >= 11 is 0. The van der Waals surface area contributed by atoms with Gasteiger partial charge in [0, 0.05) is 18.9 Å². The molecule has 1 aromatic rings. The Labute approximate surface area is 107 Å². The van der Waals surface area contributed by atoms with Crippen molar-refractivity contribution >= 4 is 5.91 Å². The van der Waals surface area contributed by atoms with Gasteiger partial charge < -0.3 is 15.2 Å². The first-order chi connectivity index (χ1) is 8.58. The van der Waals surface area contributed by atoms with Crippen LogP contribution >= 0.6 is 0 Å². The second kappa shape index (κ2) is 5.40. The van der Waals surface area contributed by atoms with Gasteiger partial charge in [0.05, 0.1) is 12.7 Å². The summed E-state index contributed by atoms with van der Waals surface area (Å²) in [4.78, 5) is 11.4. The molecule has 0 fully saturated rings. The largest absolute Gasteiger partial charge is 0.493 e. The number of hydrogen-bond donors (Lipinski definition) is 2. The Bertz CT molecular complexity index is 443. The zero-order chi connectivity index (χ0) is 13.1. The zero-order valence-electron chi connectivity index (χ0n) is 10.8. The molecule has 1 aliphatic heterocycles. The topological polar surface area (TPSA) is 58.6 Å². The van der Waals surface area contributed by atoms with E-state index in [1.54, 1.807) is 0 Å². The highest BCUT2D eigenvalue weighted by Gasteiger charge is 2.16. The Hall–Kier alpha value is -1.55. The molecule has 1 atom stereocenters. The van der Waals surface area contributed by atoms with Gasteiger partial charge in [0.1, 0.15) is 5.75 Å². The van der Waals surface area contributed by atoms with Crippen molar-refractivity contribution in [3.05, 3.63) is 29.3 Å². The van der Waals surface area contributed by atoms with E-state index in [1.807, 2.05) is 32.0 Å². The highest BCUT2D eigenvalue weighted by Crippen LogP contribution is 2.27. The van der Waals surface area contributed by atoms with E-state index in [9.17, 15) is 9.90 Å². The maximum absolute atomic E-state index is 11.4. The number of aliphatic hydroxyl groups is 1. The van der Waals surface area contributed by atoms with Crippen molar-refractivity contribution in [3.8, 4) is 5.75 Å². The Morgan fingerprint density at radius 2 is 2.28 bits per heavy atom. The van der Waals surface area contributed by atoms with E-state index < -0.39 is 6.10 Å². The van der Waals surface area contributed by atoms with Crippen molar-refractivity contribution in [2.75, 3.05) is 13.2 Å². The highest BCUT2D eigenvalue weighted by atomic mass is 16.5. The lowest BCUT2D eigenvalue weighted by atomic mass is 10.0. The van der Waals surface area contributed by atoms with Crippen LogP contribution in [0.5, 0.6) is 5.75 Å². The van der Waals surface area contributed by atoms with Crippen LogP contribution in [0.1, 0.15) is 31.1 Å². The van der Waals surface area contributed by atoms with Crippen molar-refractivity contribution in [2.24, 2.45) is 5.92 Å². The fraction of sp³-hybridized carbons (Fsp3) is 0.500. The van der Waals surface area contributed by atoms with Crippen molar-refractivity contribution in [2.45, 2.75) is 26.4 Å². The van der Waals surface area contributed by atoms with Crippen LogP contribution in [0.2, 0.25) is 0 Å². The number of ether oxygens (including phenoxy) is 1. The summed E-state index contributed by atoms with van der Waals surface area (Å²) in [6, 6.07) is 5.68. The molecule has 0 saturated carbocycles. The lowest BCUT2D eigenvalue weighted by molar-refractivity contribution is -0.124. The average Bonchev–Trinajstić information content (AvgIpc) is 2.82. The minimum Gasteiger partial charge on any atom is -0.493 e. The zero-order valence-corrected chi connectivity index (χ0v) is 10.8. The fourth-order valence-corrected chi connectivity index (χ4v) is 1.93. The third-order valence-electron chi connectivity index (χ3n) is 3.09. The van der Waals surface area contributed by atoms with Crippen LogP contribution in [0.4, 0.5) is 0 Å². The normalized spacial score (nSPS) is 15.1. The number of aliphatic hydroxyl groups excluding tert-OH is 1. The van der Waals surface area contributed by atoms with Crippen LogP contribution in [-0.4, -0.2) is 24.2 Å². The second-order valence-corrected chi connectivity index (χ2v) is 4.88. The molecule has 98 valence electrons. The molecule has 4 nitrogen and oxygen atoms in total. The molecule has 0 aliphatic carbocycles. The van der Waals surface area contributed by atoms with Crippen LogP contribution in [-0.2, 0) is 11.2 Å². The van der Waals surface area contributed by atoms with E-state index in [-0.39, 0.29) is 18.4 Å². The van der Waals surface area contributed by atoms with Gasteiger partial charge in [0.25, 0.3) is 0 Å². The summed E-state index contributed by atoms with van der Waals surface area (Å²) in [5, 5.41) is 12.8. The summed E-state index contributed by atoms with van der Waals surface area (Å²) < 4.78 is 5.41. The fourth-order valence-electron chi connectivity index (χ4n) is 1.93. The van der Waals surface area contributed by atoms with Gasteiger partial charge in [-0.1, -0.05) is 19.9 Å². The smallest absolute Gasteiger partial charge is 0.222 e. The molecule has 1 aliphatic rings. The SMILES string of the molecule is CC(C)C(=O)NCC(O)c1ccc2c(c1)CCO2. The third-order valence-corrected chi connectivity index (χ3v) is 3.09. The van der Waals surface area contributed by atoms with E-state index in [4.69, 9.17) is 4.74 Å². The Kier molecular flexibility index (Phi) is 3.87. The molecule has 1 heterocycles. The van der Waals surface area contributed by atoms with Gasteiger partial charge in [-0.15, -0.1) is 0 Å². The van der Waals surface area contributed by atoms with Gasteiger partial charge in [-0.05, 0) is 23.3 Å². The van der Waals surface area contributed by atoms with Crippen molar-refractivity contribution in [1.82, 2.24) is 5.32 Å². The third kappa shape index (κ3) is 2.82. The first-order valence-electron chi connectivity index (χ1n) is 6.29. The summed E-state index contributed by atoms with van der Waals surface area (Å²) in [5.41, 5.74) is 1.95. The van der Waals surface area contributed by atoms with Crippen molar-refractivity contribution in [1.29, 1.82) is 0 Å². The predicted molar refractivity (Wildman–Crippen MR) is 68.4 cm³/mol. The van der Waals surface area contributed by atoms with Crippen LogP contribution < -0.4 is 10.1 Å². The lowest BCUT2D eigenvalue weighted by Gasteiger charge is -2.14. The Morgan fingerprint density at radius 1 is 1.50 bits per heavy atom. The van der Waals surface area contributed by atoms with Crippen LogP contribution in [0.25, 0.3) is 0 Å². The number of amides is 1. The second-order valence-electron chi connectivity index (χ2n) is 4.88. The first-order valence-corrected chi connectivity index (χ1v) is 6.29.